The zero-order valence-corrected chi connectivity index (χ0v) is 10.5. The number of benzene rings is 1. The molecule has 0 saturated carbocycles. The van der Waals surface area contributed by atoms with Crippen LogP contribution in [0.2, 0.25) is 0 Å². The Balaban J connectivity index is 1.95. The van der Waals surface area contributed by atoms with Gasteiger partial charge in [0.25, 0.3) is 0 Å². The van der Waals surface area contributed by atoms with Gasteiger partial charge in [0.2, 0.25) is 5.91 Å². The molecule has 0 atom stereocenters. The predicted octanol–water partition coefficient (Wildman–Crippen LogP) is 0.696. The molecule has 0 aliphatic carbocycles. The summed E-state index contributed by atoms with van der Waals surface area (Å²) in [6.45, 7) is 0.371. The van der Waals surface area contributed by atoms with Gasteiger partial charge < -0.3 is 11.1 Å². The lowest BCUT2D eigenvalue weighted by atomic mass is 10.3. The van der Waals surface area contributed by atoms with Crippen LogP contribution in [0.3, 0.4) is 0 Å². The van der Waals surface area contributed by atoms with Gasteiger partial charge in [0.05, 0.1) is 5.69 Å². The fraction of sp³-hybridized carbons (Fsp3) is 0.250. The number of aromatic nitrogens is 3. The van der Waals surface area contributed by atoms with E-state index in [1.54, 1.807) is 6.20 Å². The molecule has 1 amide bonds. The van der Waals surface area contributed by atoms with E-state index < -0.39 is 17.5 Å². The highest BCUT2D eigenvalue weighted by Crippen LogP contribution is 2.13. The van der Waals surface area contributed by atoms with E-state index in [1.165, 1.54) is 10.7 Å². The minimum atomic E-state index is -1.02. The number of nitrogens with one attached hydrogen (secondary N) is 1. The molecule has 0 radical (unpaired) electrons. The first-order valence-electron chi connectivity index (χ1n) is 5.92. The lowest BCUT2D eigenvalue weighted by Gasteiger charge is -2.05. The topological polar surface area (TPSA) is 85.8 Å². The lowest BCUT2D eigenvalue weighted by molar-refractivity contribution is -0.116. The smallest absolute Gasteiger partial charge is 0.246 e. The highest BCUT2D eigenvalue weighted by atomic mass is 19.2. The normalized spacial score (nSPS) is 10.6. The van der Waals surface area contributed by atoms with Crippen LogP contribution in [0, 0.1) is 11.6 Å². The van der Waals surface area contributed by atoms with Gasteiger partial charge in [-0.3, -0.25) is 4.79 Å². The van der Waals surface area contributed by atoms with E-state index in [0.29, 0.717) is 18.7 Å². The second kappa shape index (κ2) is 6.20. The molecular weight excluding hydrogens is 268 g/mol. The fourth-order valence-electron chi connectivity index (χ4n) is 1.60. The van der Waals surface area contributed by atoms with Crippen LogP contribution >= 0.6 is 0 Å². The van der Waals surface area contributed by atoms with E-state index in [0.717, 1.165) is 12.1 Å². The standard InChI is InChI=1S/C12H13F2N5O/c13-10-2-1-8(5-11(10)14)16-12(20)7-19-6-9(3-4-15)17-18-19/h1-2,5-6H,3-4,7,15H2,(H,16,20). The monoisotopic (exact) mass is 281 g/mol. The molecule has 3 N–H and O–H groups in total. The highest BCUT2D eigenvalue weighted by molar-refractivity contribution is 5.90. The molecule has 2 aromatic rings. The van der Waals surface area contributed by atoms with Crippen LogP contribution in [0.4, 0.5) is 14.5 Å². The van der Waals surface area contributed by atoms with Crippen LogP contribution in [0.25, 0.3) is 0 Å². The van der Waals surface area contributed by atoms with Crippen molar-refractivity contribution >= 4 is 11.6 Å². The summed E-state index contributed by atoms with van der Waals surface area (Å²) in [4.78, 5) is 11.7. The summed E-state index contributed by atoms with van der Waals surface area (Å²) in [6, 6.07) is 3.13. The van der Waals surface area contributed by atoms with Crippen LogP contribution < -0.4 is 11.1 Å². The van der Waals surface area contributed by atoms with Gasteiger partial charge in [-0.05, 0) is 18.7 Å². The average Bonchev–Trinajstić information content (AvgIpc) is 2.81. The Morgan fingerprint density at radius 3 is 2.85 bits per heavy atom. The van der Waals surface area contributed by atoms with Crippen molar-refractivity contribution in [2.75, 3.05) is 11.9 Å². The Morgan fingerprint density at radius 1 is 1.35 bits per heavy atom. The summed E-state index contributed by atoms with van der Waals surface area (Å²) < 4.78 is 27.1. The molecule has 1 heterocycles. The van der Waals surface area contributed by atoms with Gasteiger partial charge in [-0.25, -0.2) is 13.5 Å². The first kappa shape index (κ1) is 14.1. The van der Waals surface area contributed by atoms with Gasteiger partial charge in [0.15, 0.2) is 11.6 Å². The lowest BCUT2D eigenvalue weighted by Crippen LogP contribution is -2.19. The van der Waals surface area contributed by atoms with Crippen molar-refractivity contribution in [1.29, 1.82) is 0 Å². The van der Waals surface area contributed by atoms with Gasteiger partial charge in [0.1, 0.15) is 6.54 Å². The van der Waals surface area contributed by atoms with Crippen molar-refractivity contribution in [3.63, 3.8) is 0 Å². The molecule has 8 heteroatoms. The molecule has 0 fully saturated rings. The Kier molecular flexibility index (Phi) is 4.36. The average molecular weight is 281 g/mol. The number of rotatable bonds is 5. The second-order valence-corrected chi connectivity index (χ2v) is 4.12. The fourth-order valence-corrected chi connectivity index (χ4v) is 1.60. The summed E-state index contributed by atoms with van der Waals surface area (Å²) in [5.41, 5.74) is 6.24. The maximum atomic E-state index is 13.0. The van der Waals surface area contributed by atoms with Crippen LogP contribution in [-0.2, 0) is 17.8 Å². The molecule has 0 aliphatic heterocycles. The number of carbonyl (C=O) groups is 1. The molecule has 20 heavy (non-hydrogen) atoms. The maximum Gasteiger partial charge on any atom is 0.246 e. The number of halogens is 2. The van der Waals surface area contributed by atoms with E-state index in [4.69, 9.17) is 5.73 Å². The van der Waals surface area contributed by atoms with Crippen molar-refractivity contribution in [2.45, 2.75) is 13.0 Å². The Labute approximate surface area is 113 Å². The van der Waals surface area contributed by atoms with Crippen molar-refractivity contribution in [3.8, 4) is 0 Å². The number of hydrogen-bond donors (Lipinski definition) is 2. The van der Waals surface area contributed by atoms with Crippen molar-refractivity contribution < 1.29 is 13.6 Å². The summed E-state index contributed by atoms with van der Waals surface area (Å²) in [7, 11) is 0. The van der Waals surface area contributed by atoms with E-state index in [1.807, 2.05) is 0 Å². The summed E-state index contributed by atoms with van der Waals surface area (Å²) in [5, 5.41) is 10.0. The molecule has 106 valence electrons. The van der Waals surface area contributed by atoms with Gasteiger partial charge in [-0.15, -0.1) is 5.10 Å². The van der Waals surface area contributed by atoms with Gasteiger partial charge in [-0.2, -0.15) is 0 Å². The Hall–Kier alpha value is -2.35. The number of nitrogens with two attached hydrogens (primary N) is 1. The molecular formula is C12H13F2N5O. The van der Waals surface area contributed by atoms with E-state index >= 15 is 0 Å². The van der Waals surface area contributed by atoms with Crippen LogP contribution in [-0.4, -0.2) is 27.4 Å². The van der Waals surface area contributed by atoms with Crippen molar-refractivity contribution in [2.24, 2.45) is 5.73 Å². The molecule has 0 spiro atoms. The van der Waals surface area contributed by atoms with Gasteiger partial charge in [-0.1, -0.05) is 5.21 Å². The SMILES string of the molecule is NCCc1cn(CC(=O)Nc2ccc(F)c(F)c2)nn1. The number of anilines is 1. The third kappa shape index (κ3) is 3.58. The van der Waals surface area contributed by atoms with Gasteiger partial charge in [0, 0.05) is 24.4 Å². The van der Waals surface area contributed by atoms with Crippen LogP contribution in [0.5, 0.6) is 0 Å². The highest BCUT2D eigenvalue weighted by Gasteiger charge is 2.08. The zero-order valence-electron chi connectivity index (χ0n) is 10.5. The number of amides is 1. The summed E-state index contributed by atoms with van der Waals surface area (Å²) in [6.07, 6.45) is 2.18. The van der Waals surface area contributed by atoms with Crippen molar-refractivity contribution in [3.05, 3.63) is 41.7 Å². The number of carbonyl (C=O) groups excluding carboxylic acids is 1. The van der Waals surface area contributed by atoms with Crippen molar-refractivity contribution in [1.82, 2.24) is 15.0 Å². The first-order chi connectivity index (χ1) is 9.58. The second-order valence-electron chi connectivity index (χ2n) is 4.12. The molecule has 0 aliphatic rings. The largest absolute Gasteiger partial charge is 0.330 e. The molecule has 2 rings (SSSR count). The van der Waals surface area contributed by atoms with Gasteiger partial charge >= 0.3 is 0 Å². The number of nitrogens with zero attached hydrogens (tertiary/aromatic N) is 3. The molecule has 0 saturated heterocycles. The summed E-state index contributed by atoms with van der Waals surface area (Å²) in [5.74, 6) is -2.40. The minimum Gasteiger partial charge on any atom is -0.330 e. The van der Waals surface area contributed by atoms with E-state index in [9.17, 15) is 13.6 Å². The summed E-state index contributed by atoms with van der Waals surface area (Å²) >= 11 is 0. The molecule has 1 aromatic heterocycles. The number of hydrogen-bond acceptors (Lipinski definition) is 4. The first-order valence-corrected chi connectivity index (χ1v) is 5.92. The van der Waals surface area contributed by atoms with Crippen LogP contribution in [0.15, 0.2) is 24.4 Å². The van der Waals surface area contributed by atoms with E-state index in [-0.39, 0.29) is 12.2 Å². The minimum absolute atomic E-state index is 0.0729. The zero-order chi connectivity index (χ0) is 14.5. The Morgan fingerprint density at radius 2 is 2.15 bits per heavy atom. The molecule has 0 unspecified atom stereocenters. The third-order valence-electron chi connectivity index (χ3n) is 2.50. The quantitative estimate of drug-likeness (QED) is 0.844. The third-order valence-corrected chi connectivity index (χ3v) is 2.50. The molecule has 6 nitrogen and oxygen atoms in total. The molecule has 1 aromatic carbocycles. The predicted molar refractivity (Wildman–Crippen MR) is 67.8 cm³/mol. The molecule has 0 bridgehead atoms. The van der Waals surface area contributed by atoms with Crippen LogP contribution in [0.1, 0.15) is 5.69 Å². The van der Waals surface area contributed by atoms with E-state index in [2.05, 4.69) is 15.6 Å². The Bertz CT molecular complexity index is 614. The maximum absolute atomic E-state index is 13.0.